The Bertz CT molecular complexity index is 195. The Kier molecular flexibility index (Phi) is 17.1. The van der Waals surface area contributed by atoms with Gasteiger partial charge in [-0.25, -0.2) is 0 Å². The molecule has 2 N–H and O–H groups in total. The summed E-state index contributed by atoms with van der Waals surface area (Å²) in [5, 5.41) is 0. The summed E-state index contributed by atoms with van der Waals surface area (Å²) >= 11 is 0. The van der Waals surface area contributed by atoms with Crippen molar-refractivity contribution in [1.82, 2.24) is 0 Å². The second-order valence-corrected chi connectivity index (χ2v) is 2.46. The molecule has 0 atom stereocenters. The molecule has 0 aliphatic heterocycles. The van der Waals surface area contributed by atoms with Crippen molar-refractivity contribution in [3.8, 4) is 0 Å². The molecule has 5 nitrogen and oxygen atoms in total. The van der Waals surface area contributed by atoms with Gasteiger partial charge < -0.3 is 4.74 Å². The number of hydrogen-bond donors (Lipinski definition) is 2. The maximum atomic E-state index is 8.74. The maximum absolute atomic E-state index is 8.74. The summed E-state index contributed by atoms with van der Waals surface area (Å²) in [5.74, 6) is 0. The zero-order valence-corrected chi connectivity index (χ0v) is 7.33. The monoisotopic (exact) mass is 204 g/mol. The van der Waals surface area contributed by atoms with E-state index >= 15 is 0 Å². The predicted molar refractivity (Wildman–Crippen MR) is 52.5 cm³/mol. The van der Waals surface area contributed by atoms with Gasteiger partial charge in [0.05, 0.1) is 13.2 Å². The number of hydrogen-bond acceptors (Lipinski definition) is 3. The van der Waals surface area contributed by atoms with Crippen LogP contribution in [0.15, 0.2) is 25.3 Å². The molecule has 0 amide bonds. The van der Waals surface area contributed by atoms with Gasteiger partial charge in [-0.2, -0.15) is 8.42 Å². The van der Waals surface area contributed by atoms with E-state index in [0.717, 1.165) is 0 Å². The normalized spacial score (nSPS) is 8.77. The van der Waals surface area contributed by atoms with Crippen molar-refractivity contribution < 1.29 is 22.3 Å². The van der Waals surface area contributed by atoms with Crippen LogP contribution in [0.5, 0.6) is 0 Å². The van der Waals surface area contributed by atoms with Gasteiger partial charge in [-0.1, -0.05) is 12.2 Å². The second kappa shape index (κ2) is 11.9. The van der Waals surface area contributed by atoms with E-state index in [1.807, 2.05) is 0 Å². The van der Waals surface area contributed by atoms with Crippen molar-refractivity contribution in [2.24, 2.45) is 0 Å². The topological polar surface area (TPSA) is 83.8 Å². The Labute approximate surface area is 90.2 Å². The minimum atomic E-state index is -4.67. The Morgan fingerprint density at radius 3 is 1.54 bits per heavy atom. The van der Waals surface area contributed by atoms with Crippen molar-refractivity contribution in [2.75, 3.05) is 13.2 Å². The van der Waals surface area contributed by atoms with Crippen LogP contribution in [0, 0.1) is 0 Å². The Morgan fingerprint density at radius 1 is 1.15 bits per heavy atom. The quantitative estimate of drug-likeness (QED) is 0.293. The zero-order chi connectivity index (χ0) is 10.0. The Balaban J connectivity index is -0.000000150. The fourth-order valence-electron chi connectivity index (χ4n) is 0.235. The van der Waals surface area contributed by atoms with Crippen LogP contribution in [-0.2, 0) is 15.1 Å². The summed E-state index contributed by atoms with van der Waals surface area (Å²) in [7, 11) is -4.67. The van der Waals surface area contributed by atoms with Crippen molar-refractivity contribution in [3.63, 3.8) is 0 Å². The third-order valence-corrected chi connectivity index (χ3v) is 0.471. The van der Waals surface area contributed by atoms with Crippen molar-refractivity contribution in [3.05, 3.63) is 25.3 Å². The van der Waals surface area contributed by atoms with Gasteiger partial charge in [-0.05, 0) is 0 Å². The van der Waals surface area contributed by atoms with Gasteiger partial charge in [0.1, 0.15) is 0 Å². The van der Waals surface area contributed by atoms with Crippen molar-refractivity contribution >= 4 is 29.3 Å². The summed E-state index contributed by atoms with van der Waals surface area (Å²) in [6.45, 7) is 8.18. The molecule has 74 valence electrons. The summed E-state index contributed by atoms with van der Waals surface area (Å²) in [4.78, 5) is 0. The van der Waals surface area contributed by atoms with Gasteiger partial charge in [0.15, 0.2) is 0 Å². The standard InChI is InChI=1S/C6H10O.Li.H2O4S.H/c1-3-5-7-6-4-2;;1-5(2,3)4;/h3-4H,1-2,5-6H2;;(H2,1,2,3,4);. The second-order valence-electron chi connectivity index (χ2n) is 1.56. The van der Waals surface area contributed by atoms with Crippen molar-refractivity contribution in [1.29, 1.82) is 0 Å². The van der Waals surface area contributed by atoms with E-state index in [1.165, 1.54) is 0 Å². The molecule has 0 radical (unpaired) electrons. The van der Waals surface area contributed by atoms with Gasteiger partial charge in [-0.15, -0.1) is 13.2 Å². The molecule has 0 spiro atoms. The van der Waals surface area contributed by atoms with Crippen LogP contribution in [0.1, 0.15) is 0 Å². The van der Waals surface area contributed by atoms with Crippen LogP contribution < -0.4 is 0 Å². The van der Waals surface area contributed by atoms with Crippen LogP contribution in [0.25, 0.3) is 0 Å². The van der Waals surface area contributed by atoms with Gasteiger partial charge in [-0.3, -0.25) is 9.11 Å². The molecule has 0 saturated carbocycles. The van der Waals surface area contributed by atoms with Gasteiger partial charge in [0.2, 0.25) is 0 Å². The third-order valence-electron chi connectivity index (χ3n) is 0.471. The molecule has 13 heavy (non-hydrogen) atoms. The molecule has 0 aliphatic rings. The van der Waals surface area contributed by atoms with Gasteiger partial charge in [0, 0.05) is 0 Å². The Hall–Kier alpha value is -0.0926. The van der Waals surface area contributed by atoms with Crippen molar-refractivity contribution in [2.45, 2.75) is 0 Å². The first-order valence-electron chi connectivity index (χ1n) is 2.91. The summed E-state index contributed by atoms with van der Waals surface area (Å²) in [5.41, 5.74) is 0. The van der Waals surface area contributed by atoms with Gasteiger partial charge in [0.25, 0.3) is 0 Å². The van der Waals surface area contributed by atoms with E-state index in [4.69, 9.17) is 22.3 Å². The molecule has 0 heterocycles. The van der Waals surface area contributed by atoms with E-state index in [9.17, 15) is 0 Å². The third kappa shape index (κ3) is 76.6. The summed E-state index contributed by atoms with van der Waals surface area (Å²) in [6.07, 6.45) is 3.42. The van der Waals surface area contributed by atoms with Crippen LogP contribution in [0.3, 0.4) is 0 Å². The van der Waals surface area contributed by atoms with E-state index in [1.54, 1.807) is 12.2 Å². The predicted octanol–water partition coefficient (Wildman–Crippen LogP) is 0.0737. The first-order valence-corrected chi connectivity index (χ1v) is 4.31. The first-order chi connectivity index (χ1) is 5.41. The number of ether oxygens (including phenoxy) is 1. The molecule has 0 aliphatic carbocycles. The van der Waals surface area contributed by atoms with Gasteiger partial charge >= 0.3 is 29.3 Å². The van der Waals surface area contributed by atoms with E-state index in [-0.39, 0.29) is 18.9 Å². The average molecular weight is 204 g/mol. The van der Waals surface area contributed by atoms with Crippen LogP contribution in [0.2, 0.25) is 0 Å². The van der Waals surface area contributed by atoms with Crippen LogP contribution in [-0.4, -0.2) is 49.6 Å². The molecular formula is C6H13LiO5S. The van der Waals surface area contributed by atoms with E-state index in [2.05, 4.69) is 13.2 Å². The molecule has 7 heteroatoms. The minimum absolute atomic E-state index is 0. The molecule has 0 saturated heterocycles. The molecule has 0 aromatic carbocycles. The van der Waals surface area contributed by atoms with E-state index < -0.39 is 10.4 Å². The summed E-state index contributed by atoms with van der Waals surface area (Å²) in [6, 6.07) is 0. The van der Waals surface area contributed by atoms with Crippen LogP contribution >= 0.6 is 0 Å². The van der Waals surface area contributed by atoms with E-state index in [0.29, 0.717) is 13.2 Å². The molecule has 0 aromatic heterocycles. The fourth-order valence-corrected chi connectivity index (χ4v) is 0.235. The first kappa shape index (κ1) is 18.6. The molecular weight excluding hydrogens is 191 g/mol. The van der Waals surface area contributed by atoms with Crippen LogP contribution in [0.4, 0.5) is 0 Å². The molecule has 0 fully saturated rings. The molecule has 0 rings (SSSR count). The number of rotatable bonds is 4. The molecule has 0 unspecified atom stereocenters. The summed E-state index contributed by atoms with van der Waals surface area (Å²) < 4.78 is 36.5. The molecule has 0 aromatic rings. The fraction of sp³-hybridized carbons (Fsp3) is 0.333. The Morgan fingerprint density at radius 2 is 1.38 bits per heavy atom. The molecule has 0 bridgehead atoms. The average Bonchev–Trinajstić information content (AvgIpc) is 1.85. The SMILES string of the molecule is C=CCOCC=C.O=S(=O)(O)O.[LiH]. The zero-order valence-electron chi connectivity index (χ0n) is 6.51.